The van der Waals surface area contributed by atoms with Gasteiger partial charge in [-0.15, -0.1) is 0 Å². The summed E-state index contributed by atoms with van der Waals surface area (Å²) in [7, 11) is 1.37. The van der Waals surface area contributed by atoms with E-state index in [0.29, 0.717) is 17.3 Å². The van der Waals surface area contributed by atoms with Gasteiger partial charge in [0.05, 0.1) is 13.5 Å². The molecule has 0 saturated heterocycles. The Morgan fingerprint density at radius 1 is 1.25 bits per heavy atom. The highest BCUT2D eigenvalue weighted by Crippen LogP contribution is 2.23. The third-order valence-corrected chi connectivity index (χ3v) is 4.62. The van der Waals surface area contributed by atoms with Crippen molar-refractivity contribution in [3.8, 4) is 0 Å². The lowest BCUT2D eigenvalue weighted by Crippen LogP contribution is -2.44. The van der Waals surface area contributed by atoms with E-state index in [1.807, 2.05) is 0 Å². The number of benzene rings is 1. The van der Waals surface area contributed by atoms with Gasteiger partial charge in [0.15, 0.2) is 0 Å². The lowest BCUT2D eigenvalue weighted by molar-refractivity contribution is -0.140. The van der Waals surface area contributed by atoms with E-state index in [4.69, 9.17) is 16.3 Å². The van der Waals surface area contributed by atoms with Crippen LogP contribution in [-0.2, 0) is 9.53 Å². The molecule has 5 nitrogen and oxygen atoms in total. The van der Waals surface area contributed by atoms with Crippen LogP contribution in [0.4, 0.5) is 10.5 Å². The predicted molar refractivity (Wildman–Crippen MR) is 95.3 cm³/mol. The summed E-state index contributed by atoms with van der Waals surface area (Å²) in [5, 5.41) is 3.47. The third kappa shape index (κ3) is 5.71. The molecule has 132 valence electrons. The molecule has 0 aromatic heterocycles. The number of methoxy groups -OCH3 is 1. The minimum absolute atomic E-state index is 0.163. The van der Waals surface area contributed by atoms with Crippen molar-refractivity contribution in [1.29, 1.82) is 0 Å². The maximum Gasteiger partial charge on any atom is 0.322 e. The van der Waals surface area contributed by atoms with Gasteiger partial charge in [-0.1, -0.05) is 43.4 Å². The van der Waals surface area contributed by atoms with Gasteiger partial charge in [0.25, 0.3) is 0 Å². The lowest BCUT2D eigenvalue weighted by atomic mass is 10.1. The highest BCUT2D eigenvalue weighted by atomic mass is 35.5. The summed E-state index contributed by atoms with van der Waals surface area (Å²) >= 11 is 5.97. The third-order valence-electron chi connectivity index (χ3n) is 4.39. The minimum atomic E-state index is -0.302. The second kappa shape index (κ2) is 9.52. The molecule has 1 aromatic rings. The summed E-state index contributed by atoms with van der Waals surface area (Å²) in [5.74, 6) is -0.302. The van der Waals surface area contributed by atoms with Gasteiger partial charge in [-0.3, -0.25) is 4.79 Å². The number of anilines is 1. The maximum absolute atomic E-state index is 12.8. The van der Waals surface area contributed by atoms with Crippen molar-refractivity contribution in [1.82, 2.24) is 4.90 Å². The molecule has 0 heterocycles. The van der Waals surface area contributed by atoms with Crippen molar-refractivity contribution < 1.29 is 14.3 Å². The number of nitrogens with zero attached hydrogens (tertiary/aromatic N) is 1. The Kier molecular flexibility index (Phi) is 7.37. The summed E-state index contributed by atoms with van der Waals surface area (Å²) in [6, 6.07) is 7.05. The van der Waals surface area contributed by atoms with Gasteiger partial charge < -0.3 is 15.0 Å². The second-order valence-corrected chi connectivity index (χ2v) is 6.54. The van der Waals surface area contributed by atoms with Gasteiger partial charge in [0.2, 0.25) is 0 Å². The molecule has 1 aromatic carbocycles. The topological polar surface area (TPSA) is 58.6 Å². The van der Waals surface area contributed by atoms with Crippen molar-refractivity contribution in [3.05, 3.63) is 29.3 Å². The van der Waals surface area contributed by atoms with Crippen LogP contribution in [0, 0.1) is 0 Å². The van der Waals surface area contributed by atoms with Gasteiger partial charge in [-0.2, -0.15) is 0 Å². The zero-order valence-corrected chi connectivity index (χ0v) is 14.8. The molecule has 1 aliphatic carbocycles. The van der Waals surface area contributed by atoms with Crippen molar-refractivity contribution >= 4 is 29.3 Å². The van der Waals surface area contributed by atoms with Crippen LogP contribution >= 0.6 is 11.6 Å². The smallest absolute Gasteiger partial charge is 0.322 e. The summed E-state index contributed by atoms with van der Waals surface area (Å²) in [6.45, 7) is 0.365. The predicted octanol–water partition coefficient (Wildman–Crippen LogP) is 4.46. The number of rotatable bonds is 5. The van der Waals surface area contributed by atoms with Gasteiger partial charge in [0, 0.05) is 23.3 Å². The molecule has 2 rings (SSSR count). The average molecular weight is 353 g/mol. The quantitative estimate of drug-likeness (QED) is 0.628. The van der Waals surface area contributed by atoms with Gasteiger partial charge in [0.1, 0.15) is 0 Å². The fourth-order valence-electron chi connectivity index (χ4n) is 3.09. The molecule has 0 radical (unpaired) electrons. The number of carbonyl (C=O) groups excluding carboxylic acids is 2. The Balaban J connectivity index is 2.07. The summed E-state index contributed by atoms with van der Waals surface area (Å²) in [5.41, 5.74) is 0.657. The van der Waals surface area contributed by atoms with Crippen LogP contribution in [0.3, 0.4) is 0 Å². The second-order valence-electron chi connectivity index (χ2n) is 6.11. The number of halogens is 1. The van der Waals surface area contributed by atoms with E-state index in [0.717, 1.165) is 25.7 Å². The molecule has 0 atom stereocenters. The fourth-order valence-corrected chi connectivity index (χ4v) is 3.29. The Hall–Kier alpha value is -1.75. The summed E-state index contributed by atoms with van der Waals surface area (Å²) in [4.78, 5) is 26.0. The monoisotopic (exact) mass is 352 g/mol. The van der Waals surface area contributed by atoms with Gasteiger partial charge in [-0.25, -0.2) is 4.79 Å². The lowest BCUT2D eigenvalue weighted by Gasteiger charge is -2.31. The highest BCUT2D eigenvalue weighted by Gasteiger charge is 2.25. The molecule has 6 heteroatoms. The van der Waals surface area contributed by atoms with E-state index < -0.39 is 0 Å². The Bertz CT molecular complexity index is 557. The molecule has 0 unspecified atom stereocenters. The molecular weight excluding hydrogens is 328 g/mol. The van der Waals surface area contributed by atoms with E-state index in [-0.39, 0.29) is 24.5 Å². The Labute approximate surface area is 148 Å². The minimum Gasteiger partial charge on any atom is -0.469 e. The zero-order valence-electron chi connectivity index (χ0n) is 14.1. The maximum atomic E-state index is 12.8. The number of carbonyl (C=O) groups is 2. The first kappa shape index (κ1) is 18.6. The first-order valence-electron chi connectivity index (χ1n) is 8.50. The number of hydrogen-bond acceptors (Lipinski definition) is 3. The van der Waals surface area contributed by atoms with Crippen LogP contribution in [0.25, 0.3) is 0 Å². The molecule has 2 amide bonds. The van der Waals surface area contributed by atoms with Crippen LogP contribution in [0.1, 0.15) is 44.9 Å². The van der Waals surface area contributed by atoms with E-state index >= 15 is 0 Å². The molecule has 1 saturated carbocycles. The first-order valence-corrected chi connectivity index (χ1v) is 8.88. The fraction of sp³-hybridized carbons (Fsp3) is 0.556. The van der Waals surface area contributed by atoms with Crippen LogP contribution < -0.4 is 5.32 Å². The van der Waals surface area contributed by atoms with E-state index in [1.165, 1.54) is 20.0 Å². The van der Waals surface area contributed by atoms with Crippen LogP contribution in [-0.4, -0.2) is 36.6 Å². The largest absolute Gasteiger partial charge is 0.469 e. The van der Waals surface area contributed by atoms with Gasteiger partial charge >= 0.3 is 12.0 Å². The van der Waals surface area contributed by atoms with Crippen molar-refractivity contribution in [3.63, 3.8) is 0 Å². The molecule has 0 aliphatic heterocycles. The number of ether oxygens (including phenoxy) is 1. The van der Waals surface area contributed by atoms with E-state index in [1.54, 1.807) is 29.2 Å². The summed E-state index contributed by atoms with van der Waals surface area (Å²) < 4.78 is 4.71. The molecule has 24 heavy (non-hydrogen) atoms. The molecule has 0 spiro atoms. The van der Waals surface area contributed by atoms with Crippen molar-refractivity contribution in [2.75, 3.05) is 19.0 Å². The Morgan fingerprint density at radius 3 is 2.58 bits per heavy atom. The normalized spacial score (nSPS) is 15.4. The standard InChI is InChI=1S/C18H25ClN2O3/c1-24-17(22)11-12-21(16-9-4-2-3-5-10-16)18(23)20-15-8-6-7-14(19)13-15/h6-8,13,16H,2-5,9-12H2,1H3,(H,20,23). The van der Waals surface area contributed by atoms with Crippen molar-refractivity contribution in [2.45, 2.75) is 51.0 Å². The number of amides is 2. The number of hydrogen-bond donors (Lipinski definition) is 1. The number of urea groups is 1. The van der Waals surface area contributed by atoms with Crippen LogP contribution in [0.15, 0.2) is 24.3 Å². The average Bonchev–Trinajstić information content (AvgIpc) is 2.84. The molecule has 1 N–H and O–H groups in total. The van der Waals surface area contributed by atoms with Crippen LogP contribution in [0.2, 0.25) is 5.02 Å². The molecule has 0 bridgehead atoms. The number of esters is 1. The number of nitrogens with one attached hydrogen (secondary N) is 1. The first-order chi connectivity index (χ1) is 11.6. The highest BCUT2D eigenvalue weighted by molar-refractivity contribution is 6.30. The van der Waals surface area contributed by atoms with Gasteiger partial charge in [-0.05, 0) is 31.0 Å². The summed E-state index contributed by atoms with van der Waals surface area (Å²) in [6.07, 6.45) is 6.80. The van der Waals surface area contributed by atoms with Crippen molar-refractivity contribution in [2.24, 2.45) is 0 Å². The zero-order chi connectivity index (χ0) is 17.4. The SMILES string of the molecule is COC(=O)CCN(C(=O)Nc1cccc(Cl)c1)C1CCCCCC1. The van der Waals surface area contributed by atoms with Crippen LogP contribution in [0.5, 0.6) is 0 Å². The molecular formula is C18H25ClN2O3. The van der Waals surface area contributed by atoms with E-state index in [2.05, 4.69) is 5.32 Å². The van der Waals surface area contributed by atoms with E-state index in [9.17, 15) is 9.59 Å². The Morgan fingerprint density at radius 2 is 1.96 bits per heavy atom. The molecule has 1 fully saturated rings. The molecule has 1 aliphatic rings.